The molecule has 2 aromatic rings. The Morgan fingerprint density at radius 1 is 1.20 bits per heavy atom. The van der Waals surface area contributed by atoms with Crippen molar-refractivity contribution < 1.29 is 23.1 Å². The average Bonchev–Trinajstić information content (AvgIpc) is 2.55. The Morgan fingerprint density at radius 2 is 1.92 bits per heavy atom. The van der Waals surface area contributed by atoms with E-state index in [2.05, 4.69) is 15.4 Å². The molecule has 6 nitrogen and oxygen atoms in total. The first kappa shape index (κ1) is 18.5. The van der Waals surface area contributed by atoms with Gasteiger partial charge in [-0.25, -0.2) is 0 Å². The van der Waals surface area contributed by atoms with Crippen molar-refractivity contribution in [1.82, 2.24) is 0 Å². The predicted octanol–water partition coefficient (Wildman–Crippen LogP) is 3.09. The molecule has 2 amide bonds. The van der Waals surface area contributed by atoms with Crippen molar-refractivity contribution in [3.8, 4) is 5.75 Å². The minimum absolute atomic E-state index is 0.114. The predicted molar refractivity (Wildman–Crippen MR) is 90.2 cm³/mol. The summed E-state index contributed by atoms with van der Waals surface area (Å²) in [6.45, 7) is -3.18. The summed E-state index contributed by atoms with van der Waals surface area (Å²) in [6.07, 6.45) is 0. The maximum Gasteiger partial charge on any atom is 0.387 e. The molecular weight excluding hydrogens is 356 g/mol. The number of benzene rings is 2. The van der Waals surface area contributed by atoms with E-state index in [9.17, 15) is 18.4 Å². The second kappa shape index (κ2) is 8.29. The van der Waals surface area contributed by atoms with Crippen molar-refractivity contribution in [3.63, 3.8) is 0 Å². The molecule has 0 heterocycles. The molecule has 0 radical (unpaired) electrons. The van der Waals surface area contributed by atoms with Gasteiger partial charge in [-0.15, -0.1) is 0 Å². The zero-order valence-electron chi connectivity index (χ0n) is 12.8. The number of para-hydroxylation sites is 2. The maximum absolute atomic E-state index is 12.3. The van der Waals surface area contributed by atoms with Gasteiger partial charge in [-0.2, -0.15) is 8.78 Å². The van der Waals surface area contributed by atoms with Gasteiger partial charge in [0.1, 0.15) is 5.75 Å². The zero-order valence-corrected chi connectivity index (χ0v) is 13.5. The van der Waals surface area contributed by atoms with Crippen LogP contribution in [0.1, 0.15) is 10.4 Å². The summed E-state index contributed by atoms with van der Waals surface area (Å²) in [6, 6.07) is 10.3. The summed E-state index contributed by atoms with van der Waals surface area (Å²) in [5, 5.41) is 5.43. The van der Waals surface area contributed by atoms with Crippen molar-refractivity contribution in [2.45, 2.75) is 6.61 Å². The lowest BCUT2D eigenvalue weighted by Gasteiger charge is -2.12. The molecule has 132 valence electrons. The number of nitrogens with one attached hydrogen (secondary N) is 2. The summed E-state index contributed by atoms with van der Waals surface area (Å²) in [7, 11) is 0. The Hall–Kier alpha value is -2.87. The normalized spacial score (nSPS) is 10.4. The molecule has 0 aliphatic carbocycles. The highest BCUT2D eigenvalue weighted by atomic mass is 35.5. The van der Waals surface area contributed by atoms with Gasteiger partial charge < -0.3 is 21.1 Å². The summed E-state index contributed by atoms with van der Waals surface area (Å²) < 4.78 is 29.0. The Kier molecular flexibility index (Phi) is 6.13. The standard InChI is InChI=1S/C16H14ClF2N3O3/c17-11-6-5-9(7-10(11)15(20)24)21-8-14(23)22-12-3-1-2-4-13(12)25-16(18)19/h1-7,16,21H,8H2,(H2,20,24)(H,22,23). The number of hydrogen-bond acceptors (Lipinski definition) is 4. The fraction of sp³-hybridized carbons (Fsp3) is 0.125. The molecule has 0 atom stereocenters. The zero-order chi connectivity index (χ0) is 18.4. The van der Waals surface area contributed by atoms with Gasteiger partial charge in [0.05, 0.1) is 22.8 Å². The summed E-state index contributed by atoms with van der Waals surface area (Å²) >= 11 is 5.84. The molecular formula is C16H14ClF2N3O3. The molecule has 0 aliphatic rings. The lowest BCUT2D eigenvalue weighted by atomic mass is 10.2. The molecule has 0 aliphatic heterocycles. The van der Waals surface area contributed by atoms with Crippen LogP contribution in [0.5, 0.6) is 5.75 Å². The fourth-order valence-corrected chi connectivity index (χ4v) is 2.18. The molecule has 2 rings (SSSR count). The lowest BCUT2D eigenvalue weighted by molar-refractivity contribution is -0.114. The van der Waals surface area contributed by atoms with Crippen LogP contribution in [0.15, 0.2) is 42.5 Å². The van der Waals surface area contributed by atoms with Crippen LogP contribution in [-0.4, -0.2) is 25.0 Å². The third-order valence-electron chi connectivity index (χ3n) is 3.06. The van der Waals surface area contributed by atoms with E-state index >= 15 is 0 Å². The molecule has 25 heavy (non-hydrogen) atoms. The number of halogens is 3. The first-order valence-electron chi connectivity index (χ1n) is 7.03. The monoisotopic (exact) mass is 369 g/mol. The van der Waals surface area contributed by atoms with Gasteiger partial charge in [0.25, 0.3) is 0 Å². The second-order valence-corrected chi connectivity index (χ2v) is 5.24. The number of amides is 2. The summed E-state index contributed by atoms with van der Waals surface area (Å²) in [5.74, 6) is -1.34. The third-order valence-corrected chi connectivity index (χ3v) is 3.39. The van der Waals surface area contributed by atoms with Crippen LogP contribution in [0.4, 0.5) is 20.2 Å². The number of carbonyl (C=O) groups excluding carboxylic acids is 2. The number of hydrogen-bond donors (Lipinski definition) is 3. The molecule has 0 spiro atoms. The molecule has 4 N–H and O–H groups in total. The number of anilines is 2. The van der Waals surface area contributed by atoms with Crippen LogP contribution in [0, 0.1) is 0 Å². The second-order valence-electron chi connectivity index (χ2n) is 4.84. The van der Waals surface area contributed by atoms with Crippen molar-refractivity contribution in [2.75, 3.05) is 17.2 Å². The van der Waals surface area contributed by atoms with Gasteiger partial charge in [-0.3, -0.25) is 9.59 Å². The Bertz CT molecular complexity index is 787. The van der Waals surface area contributed by atoms with E-state index in [1.165, 1.54) is 30.3 Å². The van der Waals surface area contributed by atoms with E-state index in [1.54, 1.807) is 12.1 Å². The van der Waals surface area contributed by atoms with E-state index in [4.69, 9.17) is 17.3 Å². The number of nitrogens with two attached hydrogens (primary N) is 1. The van der Waals surface area contributed by atoms with E-state index in [0.717, 1.165) is 0 Å². The van der Waals surface area contributed by atoms with Crippen LogP contribution < -0.4 is 21.1 Å². The molecule has 0 bridgehead atoms. The number of ether oxygens (including phenoxy) is 1. The Morgan fingerprint density at radius 3 is 2.60 bits per heavy atom. The molecule has 9 heteroatoms. The smallest absolute Gasteiger partial charge is 0.387 e. The molecule has 0 saturated carbocycles. The van der Waals surface area contributed by atoms with E-state index in [1.807, 2.05) is 0 Å². The SMILES string of the molecule is NC(=O)c1cc(NCC(=O)Nc2ccccc2OC(F)F)ccc1Cl. The molecule has 0 fully saturated rings. The summed E-state index contributed by atoms with van der Waals surface area (Å²) in [4.78, 5) is 23.2. The van der Waals surface area contributed by atoms with Gasteiger partial charge in [0, 0.05) is 5.69 Å². The minimum Gasteiger partial charge on any atom is -0.433 e. The largest absolute Gasteiger partial charge is 0.433 e. The van der Waals surface area contributed by atoms with Crippen LogP contribution in [0.25, 0.3) is 0 Å². The highest BCUT2D eigenvalue weighted by Crippen LogP contribution is 2.25. The van der Waals surface area contributed by atoms with Gasteiger partial charge in [-0.05, 0) is 30.3 Å². The van der Waals surface area contributed by atoms with Crippen LogP contribution >= 0.6 is 11.6 Å². The number of rotatable bonds is 7. The van der Waals surface area contributed by atoms with Crippen molar-refractivity contribution in [2.24, 2.45) is 5.73 Å². The fourth-order valence-electron chi connectivity index (χ4n) is 1.97. The maximum atomic E-state index is 12.3. The van der Waals surface area contributed by atoms with Crippen molar-refractivity contribution in [3.05, 3.63) is 53.1 Å². The van der Waals surface area contributed by atoms with Crippen LogP contribution in [0.3, 0.4) is 0 Å². The topological polar surface area (TPSA) is 93.5 Å². The van der Waals surface area contributed by atoms with Gasteiger partial charge in [-0.1, -0.05) is 23.7 Å². The van der Waals surface area contributed by atoms with Crippen LogP contribution in [0.2, 0.25) is 5.02 Å². The Balaban J connectivity index is 2.00. The Labute approximate surface area is 146 Å². The first-order chi connectivity index (χ1) is 11.9. The molecule has 2 aromatic carbocycles. The van der Waals surface area contributed by atoms with Crippen molar-refractivity contribution in [1.29, 1.82) is 0 Å². The third kappa shape index (κ3) is 5.32. The molecule has 0 aromatic heterocycles. The average molecular weight is 370 g/mol. The highest BCUT2D eigenvalue weighted by Gasteiger charge is 2.12. The van der Waals surface area contributed by atoms with E-state index in [0.29, 0.717) is 5.69 Å². The van der Waals surface area contributed by atoms with Crippen molar-refractivity contribution >= 4 is 34.8 Å². The highest BCUT2D eigenvalue weighted by molar-refractivity contribution is 6.33. The number of carbonyl (C=O) groups is 2. The van der Waals surface area contributed by atoms with E-state index < -0.39 is 18.4 Å². The van der Waals surface area contributed by atoms with Crippen LogP contribution in [-0.2, 0) is 4.79 Å². The summed E-state index contributed by atoms with van der Waals surface area (Å²) in [5.41, 5.74) is 5.87. The van der Waals surface area contributed by atoms with Gasteiger partial charge in [0.15, 0.2) is 0 Å². The van der Waals surface area contributed by atoms with Gasteiger partial charge in [0.2, 0.25) is 11.8 Å². The number of alkyl halides is 2. The minimum atomic E-state index is -3.00. The number of primary amides is 1. The molecule has 0 saturated heterocycles. The first-order valence-corrected chi connectivity index (χ1v) is 7.41. The van der Waals surface area contributed by atoms with Gasteiger partial charge >= 0.3 is 6.61 Å². The lowest BCUT2D eigenvalue weighted by Crippen LogP contribution is -2.22. The van der Waals surface area contributed by atoms with E-state index in [-0.39, 0.29) is 28.6 Å². The molecule has 0 unspecified atom stereocenters. The quantitative estimate of drug-likeness (QED) is 0.699.